The van der Waals surface area contributed by atoms with Gasteiger partial charge in [-0.15, -0.1) is 0 Å². The maximum absolute atomic E-state index is 9.67. The van der Waals surface area contributed by atoms with Crippen molar-refractivity contribution in [1.29, 1.82) is 0 Å². The van der Waals surface area contributed by atoms with E-state index in [9.17, 15) is 30.6 Å². The van der Waals surface area contributed by atoms with Crippen molar-refractivity contribution in [3.05, 3.63) is 0 Å². The third kappa shape index (κ3) is 10.5. The summed E-state index contributed by atoms with van der Waals surface area (Å²) in [6.07, 6.45) is -2.54. The third-order valence-electron chi connectivity index (χ3n) is 5.98. The monoisotopic (exact) mass is 514 g/mol. The first kappa shape index (κ1) is 32.0. The molecular weight excluding hydrogens is 468 g/mol. The normalized spacial score (nSPS) is 38.3. The standard InChI is InChI=1S/C12H24O5.C11H22O5S/c1-3-4-5-6-7-16-12-11(15)10(14)9(13)8(2)17-12;1-7-8(12)9(13)10(14)11(16-7)15-5-3-2-4-6-17/h8-15H,3-7H2,1-2H3;7-14,17H,2-6H2,1H3/t8?,9-,10+,11?,12?;7?,8-,9+,10?,11?/m11/s1. The molecule has 34 heavy (non-hydrogen) atoms. The Bertz CT molecular complexity index is 472. The van der Waals surface area contributed by atoms with E-state index < -0.39 is 61.4 Å². The second-order valence-electron chi connectivity index (χ2n) is 8.95. The average molecular weight is 515 g/mol. The molecule has 2 fully saturated rings. The molecule has 0 aromatic heterocycles. The fourth-order valence-corrected chi connectivity index (χ4v) is 3.84. The number of hydrogen-bond donors (Lipinski definition) is 7. The molecular formula is C23H46O10S. The van der Waals surface area contributed by atoms with Crippen LogP contribution in [0.4, 0.5) is 0 Å². The maximum Gasteiger partial charge on any atom is 0.186 e. The zero-order valence-corrected chi connectivity index (χ0v) is 21.5. The summed E-state index contributed by atoms with van der Waals surface area (Å²) in [6, 6.07) is 0. The Morgan fingerprint density at radius 2 is 1.00 bits per heavy atom. The van der Waals surface area contributed by atoms with E-state index >= 15 is 0 Å². The van der Waals surface area contributed by atoms with Gasteiger partial charge in [-0.2, -0.15) is 12.6 Å². The van der Waals surface area contributed by atoms with Crippen LogP contribution in [0.3, 0.4) is 0 Å². The van der Waals surface area contributed by atoms with Gasteiger partial charge in [0.2, 0.25) is 0 Å². The molecule has 2 aliphatic heterocycles. The number of hydrogen-bond acceptors (Lipinski definition) is 11. The van der Waals surface area contributed by atoms with Crippen LogP contribution >= 0.6 is 12.6 Å². The Kier molecular flexibility index (Phi) is 16.4. The summed E-state index contributed by atoms with van der Waals surface area (Å²) >= 11 is 4.11. The number of thiol groups is 1. The van der Waals surface area contributed by atoms with E-state index in [1.807, 2.05) is 0 Å². The zero-order valence-electron chi connectivity index (χ0n) is 20.6. The summed E-state index contributed by atoms with van der Waals surface area (Å²) in [6.45, 7) is 6.38. The molecule has 0 aliphatic carbocycles. The van der Waals surface area contributed by atoms with Crippen molar-refractivity contribution in [1.82, 2.24) is 0 Å². The van der Waals surface area contributed by atoms with Crippen LogP contribution in [0.15, 0.2) is 0 Å². The van der Waals surface area contributed by atoms with Crippen LogP contribution < -0.4 is 0 Å². The molecule has 2 saturated heterocycles. The van der Waals surface area contributed by atoms with Crippen molar-refractivity contribution in [2.45, 2.75) is 127 Å². The molecule has 11 heteroatoms. The van der Waals surface area contributed by atoms with Crippen LogP contribution in [0.2, 0.25) is 0 Å². The van der Waals surface area contributed by atoms with Crippen LogP contribution in [0.5, 0.6) is 0 Å². The van der Waals surface area contributed by atoms with Crippen LogP contribution in [0.25, 0.3) is 0 Å². The molecule has 0 radical (unpaired) electrons. The minimum atomic E-state index is -1.22. The van der Waals surface area contributed by atoms with E-state index in [0.717, 1.165) is 50.7 Å². The smallest absolute Gasteiger partial charge is 0.186 e. The lowest BCUT2D eigenvalue weighted by atomic mass is 10.0. The highest BCUT2D eigenvalue weighted by atomic mass is 32.1. The zero-order chi connectivity index (χ0) is 25.7. The van der Waals surface area contributed by atoms with Gasteiger partial charge in [0, 0.05) is 13.2 Å². The summed E-state index contributed by atoms with van der Waals surface area (Å²) in [7, 11) is 0. The predicted octanol–water partition coefficient (Wildman–Crippen LogP) is 0.341. The van der Waals surface area contributed by atoms with Crippen molar-refractivity contribution in [3.63, 3.8) is 0 Å². The first-order valence-corrected chi connectivity index (χ1v) is 13.0. The van der Waals surface area contributed by atoms with Gasteiger partial charge < -0.3 is 49.6 Å². The molecule has 0 amide bonds. The van der Waals surface area contributed by atoms with E-state index in [-0.39, 0.29) is 0 Å². The van der Waals surface area contributed by atoms with Crippen molar-refractivity contribution >= 4 is 12.6 Å². The molecule has 0 spiro atoms. The van der Waals surface area contributed by atoms with Gasteiger partial charge in [-0.1, -0.05) is 32.6 Å². The van der Waals surface area contributed by atoms with Gasteiger partial charge in [-0.3, -0.25) is 0 Å². The number of aliphatic hydroxyl groups excluding tert-OH is 6. The lowest BCUT2D eigenvalue weighted by Crippen LogP contribution is -2.57. The van der Waals surface area contributed by atoms with Gasteiger partial charge in [0.1, 0.15) is 36.6 Å². The van der Waals surface area contributed by atoms with E-state index in [4.69, 9.17) is 18.9 Å². The molecule has 6 unspecified atom stereocenters. The summed E-state index contributed by atoms with van der Waals surface area (Å²) in [5, 5.41) is 57.4. The highest BCUT2D eigenvalue weighted by Gasteiger charge is 2.43. The predicted molar refractivity (Wildman–Crippen MR) is 128 cm³/mol. The van der Waals surface area contributed by atoms with Crippen LogP contribution in [-0.4, -0.2) is 111 Å². The van der Waals surface area contributed by atoms with Gasteiger partial charge in [-0.05, 0) is 38.9 Å². The Hall–Kier alpha value is -0.0500. The minimum Gasteiger partial charge on any atom is -0.388 e. The molecule has 0 aromatic rings. The summed E-state index contributed by atoms with van der Waals surface area (Å²) in [5.41, 5.74) is 0. The second-order valence-corrected chi connectivity index (χ2v) is 9.40. The van der Waals surface area contributed by atoms with Gasteiger partial charge >= 0.3 is 0 Å². The minimum absolute atomic E-state index is 0.463. The first-order valence-electron chi connectivity index (χ1n) is 12.4. The Morgan fingerprint density at radius 1 is 0.588 bits per heavy atom. The van der Waals surface area contributed by atoms with E-state index in [2.05, 4.69) is 19.6 Å². The van der Waals surface area contributed by atoms with Gasteiger partial charge in [0.05, 0.1) is 12.2 Å². The Labute approximate surface area is 208 Å². The van der Waals surface area contributed by atoms with Crippen LogP contribution in [0.1, 0.15) is 65.7 Å². The Morgan fingerprint density at radius 3 is 1.38 bits per heavy atom. The number of ether oxygens (including phenoxy) is 4. The molecule has 2 rings (SSSR count). The lowest BCUT2D eigenvalue weighted by molar-refractivity contribution is -0.293. The molecule has 2 aliphatic rings. The van der Waals surface area contributed by atoms with E-state index in [1.165, 1.54) is 0 Å². The van der Waals surface area contributed by atoms with Crippen molar-refractivity contribution in [3.8, 4) is 0 Å². The SMILES string of the molecule is CC1OC(OCCCCCS)C(O)[C@@H](O)[C@@H]1O.CCCCCCOC1OC(C)[C@@H](O)[C@H](O)C1O. The second kappa shape index (κ2) is 17.4. The maximum atomic E-state index is 9.67. The van der Waals surface area contributed by atoms with Crippen molar-refractivity contribution < 1.29 is 49.6 Å². The summed E-state index contributed by atoms with van der Waals surface area (Å²) in [5.74, 6) is 0.852. The first-order chi connectivity index (χ1) is 16.1. The van der Waals surface area contributed by atoms with Crippen LogP contribution in [-0.2, 0) is 18.9 Å². The highest BCUT2D eigenvalue weighted by molar-refractivity contribution is 7.80. The highest BCUT2D eigenvalue weighted by Crippen LogP contribution is 2.23. The molecule has 10 nitrogen and oxygen atoms in total. The van der Waals surface area contributed by atoms with Crippen LogP contribution in [0, 0.1) is 0 Å². The fourth-order valence-electron chi connectivity index (χ4n) is 3.62. The molecule has 6 N–H and O–H groups in total. The van der Waals surface area contributed by atoms with Crippen molar-refractivity contribution in [2.24, 2.45) is 0 Å². The number of rotatable bonds is 12. The molecule has 0 bridgehead atoms. The van der Waals surface area contributed by atoms with E-state index in [0.29, 0.717) is 13.2 Å². The molecule has 204 valence electrons. The summed E-state index contributed by atoms with van der Waals surface area (Å²) < 4.78 is 21.3. The van der Waals surface area contributed by atoms with Gasteiger partial charge in [-0.25, -0.2) is 0 Å². The number of unbranched alkanes of at least 4 members (excludes halogenated alkanes) is 5. The third-order valence-corrected chi connectivity index (χ3v) is 6.30. The average Bonchev–Trinajstić information content (AvgIpc) is 2.82. The lowest BCUT2D eigenvalue weighted by Gasteiger charge is -2.38. The molecule has 2 heterocycles. The number of aliphatic hydroxyl groups is 6. The molecule has 0 saturated carbocycles. The fraction of sp³-hybridized carbons (Fsp3) is 1.00. The largest absolute Gasteiger partial charge is 0.388 e. The van der Waals surface area contributed by atoms with Gasteiger partial charge in [0.15, 0.2) is 12.6 Å². The molecule has 0 aromatic carbocycles. The Balaban J connectivity index is 0.000000340. The van der Waals surface area contributed by atoms with E-state index in [1.54, 1.807) is 13.8 Å². The summed E-state index contributed by atoms with van der Waals surface area (Å²) in [4.78, 5) is 0. The quantitative estimate of drug-likeness (QED) is 0.143. The van der Waals surface area contributed by atoms with Gasteiger partial charge in [0.25, 0.3) is 0 Å². The topological polar surface area (TPSA) is 158 Å². The molecule has 10 atom stereocenters. The van der Waals surface area contributed by atoms with Crippen molar-refractivity contribution in [2.75, 3.05) is 19.0 Å².